The van der Waals surface area contributed by atoms with Crippen molar-refractivity contribution in [2.75, 3.05) is 7.11 Å². The molecule has 0 aliphatic carbocycles. The van der Waals surface area contributed by atoms with Gasteiger partial charge in [-0.2, -0.15) is 0 Å². The van der Waals surface area contributed by atoms with Crippen molar-refractivity contribution >= 4 is 0 Å². The van der Waals surface area contributed by atoms with E-state index in [0.29, 0.717) is 0 Å². The van der Waals surface area contributed by atoms with E-state index < -0.39 is 0 Å². The predicted molar refractivity (Wildman–Crippen MR) is 59.7 cm³/mol. The maximum atomic E-state index is 6.01. The molecular formula is C12H19NO. The minimum Gasteiger partial charge on any atom is -0.496 e. The van der Waals surface area contributed by atoms with Gasteiger partial charge in [0.25, 0.3) is 0 Å². The van der Waals surface area contributed by atoms with Crippen molar-refractivity contribution < 1.29 is 4.74 Å². The number of benzene rings is 1. The topological polar surface area (TPSA) is 35.2 Å². The highest BCUT2D eigenvalue weighted by atomic mass is 16.5. The van der Waals surface area contributed by atoms with Gasteiger partial charge in [0.05, 0.1) is 7.11 Å². The van der Waals surface area contributed by atoms with Crippen molar-refractivity contribution in [2.45, 2.75) is 33.2 Å². The number of ether oxygens (including phenoxy) is 1. The third-order valence-corrected chi connectivity index (χ3v) is 2.84. The average molecular weight is 193 g/mol. The minimum atomic E-state index is 0.139. The Morgan fingerprint density at radius 3 is 2.43 bits per heavy atom. The van der Waals surface area contributed by atoms with Crippen molar-refractivity contribution in [1.82, 2.24) is 0 Å². The number of hydrogen-bond acceptors (Lipinski definition) is 2. The Labute approximate surface area is 86.1 Å². The summed E-state index contributed by atoms with van der Waals surface area (Å²) in [5.74, 6) is 0.939. The van der Waals surface area contributed by atoms with Crippen molar-refractivity contribution in [3.8, 4) is 5.75 Å². The number of methoxy groups -OCH3 is 1. The molecule has 14 heavy (non-hydrogen) atoms. The predicted octanol–water partition coefficient (Wildman–Crippen LogP) is 2.72. The summed E-state index contributed by atoms with van der Waals surface area (Å²) in [7, 11) is 1.70. The number of rotatable bonds is 3. The summed E-state index contributed by atoms with van der Waals surface area (Å²) >= 11 is 0. The van der Waals surface area contributed by atoms with Crippen LogP contribution in [0.25, 0.3) is 0 Å². The van der Waals surface area contributed by atoms with Crippen LogP contribution in [0, 0.1) is 13.8 Å². The van der Waals surface area contributed by atoms with Crippen LogP contribution in [0.4, 0.5) is 0 Å². The van der Waals surface area contributed by atoms with Gasteiger partial charge in [0.2, 0.25) is 0 Å². The maximum Gasteiger partial charge on any atom is 0.122 e. The summed E-state index contributed by atoms with van der Waals surface area (Å²) in [6.45, 7) is 6.27. The highest BCUT2D eigenvalue weighted by Crippen LogP contribution is 2.27. The second kappa shape index (κ2) is 4.47. The van der Waals surface area contributed by atoms with Gasteiger partial charge >= 0.3 is 0 Å². The molecular weight excluding hydrogens is 174 g/mol. The van der Waals surface area contributed by atoms with E-state index in [1.807, 2.05) is 6.07 Å². The van der Waals surface area contributed by atoms with E-state index in [1.165, 1.54) is 16.7 Å². The van der Waals surface area contributed by atoms with Crippen LogP contribution in [-0.2, 0) is 0 Å². The van der Waals surface area contributed by atoms with Crippen LogP contribution < -0.4 is 10.5 Å². The summed E-state index contributed by atoms with van der Waals surface area (Å²) < 4.78 is 5.25. The van der Waals surface area contributed by atoms with E-state index in [0.717, 1.165) is 12.2 Å². The normalized spacial score (nSPS) is 12.6. The van der Waals surface area contributed by atoms with Gasteiger partial charge in [0.15, 0.2) is 0 Å². The first-order valence-electron chi connectivity index (χ1n) is 5.01. The molecule has 0 unspecified atom stereocenters. The Balaban J connectivity index is 3.17. The monoisotopic (exact) mass is 193 g/mol. The molecule has 0 aliphatic rings. The van der Waals surface area contributed by atoms with Crippen molar-refractivity contribution in [1.29, 1.82) is 0 Å². The first-order valence-corrected chi connectivity index (χ1v) is 5.01. The van der Waals surface area contributed by atoms with Gasteiger partial charge in [0.1, 0.15) is 5.75 Å². The standard InChI is InChI=1S/C12H19NO/c1-5-11(13)10-6-7-12(14-4)9(3)8(10)2/h6-7,11H,5,13H2,1-4H3/t11-/m0/s1. The average Bonchev–Trinajstić information content (AvgIpc) is 2.21. The molecule has 0 saturated heterocycles. The van der Waals surface area contributed by atoms with E-state index in [1.54, 1.807) is 7.11 Å². The number of nitrogens with two attached hydrogens (primary N) is 1. The zero-order valence-corrected chi connectivity index (χ0v) is 9.42. The lowest BCUT2D eigenvalue weighted by atomic mass is 9.96. The molecule has 1 aromatic carbocycles. The molecule has 0 heterocycles. The highest BCUT2D eigenvalue weighted by Gasteiger charge is 2.10. The second-order valence-electron chi connectivity index (χ2n) is 3.62. The van der Waals surface area contributed by atoms with E-state index in [2.05, 4.69) is 26.8 Å². The third-order valence-electron chi connectivity index (χ3n) is 2.84. The Hall–Kier alpha value is -1.02. The molecule has 1 rings (SSSR count). The van der Waals surface area contributed by atoms with Gasteiger partial charge in [-0.15, -0.1) is 0 Å². The van der Waals surface area contributed by atoms with Crippen LogP contribution in [0.1, 0.15) is 36.1 Å². The molecule has 0 aliphatic heterocycles. The summed E-state index contributed by atoms with van der Waals surface area (Å²) in [5, 5.41) is 0. The molecule has 1 atom stereocenters. The molecule has 0 spiro atoms. The van der Waals surface area contributed by atoms with E-state index in [9.17, 15) is 0 Å². The molecule has 0 radical (unpaired) electrons. The van der Waals surface area contributed by atoms with Gasteiger partial charge in [0, 0.05) is 6.04 Å². The molecule has 78 valence electrons. The van der Waals surface area contributed by atoms with Gasteiger partial charge in [-0.3, -0.25) is 0 Å². The number of hydrogen-bond donors (Lipinski definition) is 1. The van der Waals surface area contributed by atoms with E-state index in [-0.39, 0.29) is 6.04 Å². The molecule has 0 saturated carbocycles. The van der Waals surface area contributed by atoms with Crippen LogP contribution in [0.15, 0.2) is 12.1 Å². The summed E-state index contributed by atoms with van der Waals surface area (Å²) in [5.41, 5.74) is 9.68. The Morgan fingerprint density at radius 2 is 1.93 bits per heavy atom. The van der Waals surface area contributed by atoms with Crippen molar-refractivity contribution in [2.24, 2.45) is 5.73 Å². The zero-order chi connectivity index (χ0) is 10.7. The zero-order valence-electron chi connectivity index (χ0n) is 9.42. The quantitative estimate of drug-likeness (QED) is 0.801. The molecule has 0 amide bonds. The molecule has 2 nitrogen and oxygen atoms in total. The van der Waals surface area contributed by atoms with E-state index >= 15 is 0 Å². The van der Waals surface area contributed by atoms with Crippen LogP contribution >= 0.6 is 0 Å². The van der Waals surface area contributed by atoms with Gasteiger partial charge in [-0.25, -0.2) is 0 Å². The van der Waals surface area contributed by atoms with Crippen LogP contribution in [0.2, 0.25) is 0 Å². The fourth-order valence-corrected chi connectivity index (χ4v) is 1.66. The van der Waals surface area contributed by atoms with Crippen LogP contribution in [0.5, 0.6) is 5.75 Å². The first kappa shape index (κ1) is 11.1. The molecule has 0 bridgehead atoms. The summed E-state index contributed by atoms with van der Waals surface area (Å²) in [6.07, 6.45) is 0.965. The van der Waals surface area contributed by atoms with Crippen molar-refractivity contribution in [3.05, 3.63) is 28.8 Å². The van der Waals surface area contributed by atoms with Crippen LogP contribution in [0.3, 0.4) is 0 Å². The van der Waals surface area contributed by atoms with Gasteiger partial charge in [-0.1, -0.05) is 13.0 Å². The summed E-state index contributed by atoms with van der Waals surface area (Å²) in [6, 6.07) is 4.20. The SMILES string of the molecule is CC[C@H](N)c1ccc(OC)c(C)c1C. The largest absolute Gasteiger partial charge is 0.496 e. The molecule has 2 N–H and O–H groups in total. The highest BCUT2D eigenvalue weighted by molar-refractivity contribution is 5.44. The third kappa shape index (κ3) is 1.90. The van der Waals surface area contributed by atoms with E-state index in [4.69, 9.17) is 10.5 Å². The lowest BCUT2D eigenvalue weighted by Gasteiger charge is -2.16. The smallest absolute Gasteiger partial charge is 0.122 e. The fourth-order valence-electron chi connectivity index (χ4n) is 1.66. The molecule has 2 heteroatoms. The second-order valence-corrected chi connectivity index (χ2v) is 3.62. The van der Waals surface area contributed by atoms with Crippen LogP contribution in [-0.4, -0.2) is 7.11 Å². The molecule has 0 fully saturated rings. The summed E-state index contributed by atoms with van der Waals surface area (Å²) in [4.78, 5) is 0. The van der Waals surface area contributed by atoms with Crippen molar-refractivity contribution in [3.63, 3.8) is 0 Å². The molecule has 0 aromatic heterocycles. The Morgan fingerprint density at radius 1 is 1.29 bits per heavy atom. The lowest BCUT2D eigenvalue weighted by Crippen LogP contribution is -2.11. The maximum absolute atomic E-state index is 6.01. The lowest BCUT2D eigenvalue weighted by molar-refractivity contribution is 0.411. The Bertz CT molecular complexity index is 320. The molecule has 1 aromatic rings. The minimum absolute atomic E-state index is 0.139. The van der Waals surface area contributed by atoms with Gasteiger partial charge in [-0.05, 0) is 43.0 Å². The first-order chi connectivity index (χ1) is 6.61. The fraction of sp³-hybridized carbons (Fsp3) is 0.500. The Kier molecular flexibility index (Phi) is 3.53. The van der Waals surface area contributed by atoms with Gasteiger partial charge < -0.3 is 10.5 Å².